The van der Waals surface area contributed by atoms with Crippen LogP contribution in [0.3, 0.4) is 0 Å². The molecule has 118 valence electrons. The van der Waals surface area contributed by atoms with Crippen LogP contribution in [-0.2, 0) is 5.54 Å². The molecule has 0 aliphatic carbocycles. The van der Waals surface area contributed by atoms with E-state index in [-0.39, 0.29) is 12.1 Å². The predicted molar refractivity (Wildman–Crippen MR) is 87.4 cm³/mol. The second kappa shape index (κ2) is 7.90. The zero-order chi connectivity index (χ0) is 15.1. The van der Waals surface area contributed by atoms with E-state index in [1.807, 2.05) is 18.2 Å². The van der Waals surface area contributed by atoms with Crippen LogP contribution in [0.2, 0.25) is 0 Å². The minimum Gasteiger partial charge on any atom is -0.394 e. The van der Waals surface area contributed by atoms with E-state index in [4.69, 9.17) is 0 Å². The first-order chi connectivity index (χ1) is 10.2. The number of rotatable bonds is 7. The van der Waals surface area contributed by atoms with Gasteiger partial charge in [0.2, 0.25) is 0 Å². The molecular weight excluding hydrogens is 262 g/mol. The number of nitrogens with one attached hydrogen (secondary N) is 1. The van der Waals surface area contributed by atoms with Crippen molar-refractivity contribution in [3.05, 3.63) is 35.9 Å². The van der Waals surface area contributed by atoms with Crippen LogP contribution in [0.4, 0.5) is 0 Å². The van der Waals surface area contributed by atoms with E-state index in [0.29, 0.717) is 0 Å². The van der Waals surface area contributed by atoms with Gasteiger partial charge in [-0.3, -0.25) is 0 Å². The molecule has 0 spiro atoms. The van der Waals surface area contributed by atoms with Gasteiger partial charge in [-0.1, -0.05) is 37.3 Å². The fourth-order valence-electron chi connectivity index (χ4n) is 3.08. The van der Waals surface area contributed by atoms with Crippen molar-refractivity contribution in [2.75, 3.05) is 52.9 Å². The summed E-state index contributed by atoms with van der Waals surface area (Å²) in [4.78, 5) is 4.88. The highest BCUT2D eigenvalue weighted by Gasteiger charge is 2.31. The third kappa shape index (κ3) is 4.27. The van der Waals surface area contributed by atoms with Crippen LogP contribution in [0.25, 0.3) is 0 Å². The van der Waals surface area contributed by atoms with Crippen molar-refractivity contribution in [2.45, 2.75) is 18.9 Å². The lowest BCUT2D eigenvalue weighted by molar-refractivity contribution is 0.109. The molecule has 1 aliphatic rings. The Bertz CT molecular complexity index is 404. The molecule has 0 amide bonds. The van der Waals surface area contributed by atoms with Gasteiger partial charge in [-0.15, -0.1) is 0 Å². The van der Waals surface area contributed by atoms with Crippen molar-refractivity contribution in [2.24, 2.45) is 0 Å². The molecule has 1 aromatic rings. The third-order valence-corrected chi connectivity index (χ3v) is 4.56. The Labute approximate surface area is 128 Å². The first-order valence-corrected chi connectivity index (χ1v) is 8.02. The predicted octanol–water partition coefficient (Wildman–Crippen LogP) is 1.12. The van der Waals surface area contributed by atoms with E-state index in [9.17, 15) is 5.11 Å². The molecule has 1 unspecified atom stereocenters. The van der Waals surface area contributed by atoms with E-state index < -0.39 is 0 Å². The summed E-state index contributed by atoms with van der Waals surface area (Å²) in [5.74, 6) is 0. The van der Waals surface area contributed by atoms with E-state index in [0.717, 1.165) is 45.7 Å². The van der Waals surface area contributed by atoms with Gasteiger partial charge in [0.1, 0.15) is 0 Å². The monoisotopic (exact) mass is 291 g/mol. The van der Waals surface area contributed by atoms with Gasteiger partial charge in [-0.05, 0) is 25.6 Å². The summed E-state index contributed by atoms with van der Waals surface area (Å²) in [5.41, 5.74) is 0.864. The third-order valence-electron chi connectivity index (χ3n) is 4.56. The van der Waals surface area contributed by atoms with Gasteiger partial charge in [-0.2, -0.15) is 0 Å². The fourth-order valence-corrected chi connectivity index (χ4v) is 3.08. The van der Waals surface area contributed by atoms with Crippen LogP contribution in [0, 0.1) is 0 Å². The maximum absolute atomic E-state index is 10.0. The van der Waals surface area contributed by atoms with Crippen molar-refractivity contribution in [3.8, 4) is 0 Å². The average molecular weight is 291 g/mol. The fraction of sp³-hybridized carbons (Fsp3) is 0.647. The topological polar surface area (TPSA) is 38.7 Å². The smallest absolute Gasteiger partial charge is 0.0681 e. The van der Waals surface area contributed by atoms with Gasteiger partial charge in [-0.25, -0.2) is 0 Å². The van der Waals surface area contributed by atoms with Gasteiger partial charge in [0.15, 0.2) is 0 Å². The number of piperazine rings is 1. The van der Waals surface area contributed by atoms with Gasteiger partial charge in [0.25, 0.3) is 0 Å². The number of hydrogen-bond donors (Lipinski definition) is 2. The Morgan fingerprint density at radius 2 is 1.81 bits per heavy atom. The Hall–Kier alpha value is -0.940. The molecule has 1 atom stereocenters. The molecule has 0 radical (unpaired) electrons. The molecule has 0 aromatic heterocycles. The molecule has 0 bridgehead atoms. The molecule has 0 saturated carbocycles. The maximum Gasteiger partial charge on any atom is 0.0681 e. The lowest BCUT2D eigenvalue weighted by Gasteiger charge is -2.38. The summed E-state index contributed by atoms with van der Waals surface area (Å²) in [5, 5.41) is 13.6. The van der Waals surface area contributed by atoms with Gasteiger partial charge < -0.3 is 20.2 Å². The molecule has 1 heterocycles. The molecule has 4 heteroatoms. The summed E-state index contributed by atoms with van der Waals surface area (Å²) in [6.07, 6.45) is 0.936. The Kier molecular flexibility index (Phi) is 6.18. The lowest BCUT2D eigenvalue weighted by Crippen LogP contribution is -2.50. The van der Waals surface area contributed by atoms with Crippen LogP contribution in [0.1, 0.15) is 18.9 Å². The number of aliphatic hydroxyl groups is 1. The minimum atomic E-state index is -0.320. The lowest BCUT2D eigenvalue weighted by atomic mass is 9.87. The van der Waals surface area contributed by atoms with E-state index in [2.05, 4.69) is 41.2 Å². The molecule has 1 saturated heterocycles. The molecular formula is C17H29N3O. The minimum absolute atomic E-state index is 0.137. The molecule has 1 aliphatic heterocycles. The van der Waals surface area contributed by atoms with Crippen molar-refractivity contribution in [3.63, 3.8) is 0 Å². The summed E-state index contributed by atoms with van der Waals surface area (Å²) in [7, 11) is 2.18. The Morgan fingerprint density at radius 3 is 2.38 bits per heavy atom. The number of likely N-dealkylation sites (N-methyl/N-ethyl adjacent to an activating group) is 2. The van der Waals surface area contributed by atoms with Crippen molar-refractivity contribution >= 4 is 0 Å². The highest BCUT2D eigenvalue weighted by molar-refractivity contribution is 5.24. The van der Waals surface area contributed by atoms with E-state index >= 15 is 0 Å². The highest BCUT2D eigenvalue weighted by Crippen LogP contribution is 2.25. The summed E-state index contributed by atoms with van der Waals surface area (Å²) in [6.45, 7) is 8.64. The number of aliphatic hydroxyl groups excluding tert-OH is 1. The van der Waals surface area contributed by atoms with Gasteiger partial charge in [0.05, 0.1) is 12.1 Å². The average Bonchev–Trinajstić information content (AvgIpc) is 2.54. The summed E-state index contributed by atoms with van der Waals surface area (Å²) in [6, 6.07) is 10.4. The molecule has 21 heavy (non-hydrogen) atoms. The first kappa shape index (κ1) is 16.4. The zero-order valence-electron chi connectivity index (χ0n) is 13.4. The molecule has 1 aromatic carbocycles. The molecule has 2 rings (SSSR count). The first-order valence-electron chi connectivity index (χ1n) is 8.02. The van der Waals surface area contributed by atoms with Gasteiger partial charge in [0, 0.05) is 32.7 Å². The van der Waals surface area contributed by atoms with Crippen molar-refractivity contribution in [1.82, 2.24) is 15.1 Å². The van der Waals surface area contributed by atoms with E-state index in [1.165, 1.54) is 5.56 Å². The standard InChI is InChI=1S/C17H29N3O/c1-3-18-17(15-21,16-7-5-4-6-8-16)9-10-20-13-11-19(2)12-14-20/h4-8,18,21H,3,9-15H2,1-2H3. The van der Waals surface area contributed by atoms with Crippen LogP contribution >= 0.6 is 0 Å². The zero-order valence-corrected chi connectivity index (χ0v) is 13.4. The molecule has 1 fully saturated rings. The molecule has 4 nitrogen and oxygen atoms in total. The number of benzene rings is 1. The van der Waals surface area contributed by atoms with Gasteiger partial charge >= 0.3 is 0 Å². The maximum atomic E-state index is 10.0. The van der Waals surface area contributed by atoms with Crippen LogP contribution in [0.15, 0.2) is 30.3 Å². The second-order valence-electron chi connectivity index (χ2n) is 6.03. The Balaban J connectivity index is 2.02. The number of nitrogens with zero attached hydrogens (tertiary/aromatic N) is 2. The number of hydrogen-bond acceptors (Lipinski definition) is 4. The summed E-state index contributed by atoms with van der Waals surface area (Å²) >= 11 is 0. The second-order valence-corrected chi connectivity index (χ2v) is 6.03. The van der Waals surface area contributed by atoms with Crippen molar-refractivity contribution < 1.29 is 5.11 Å². The largest absolute Gasteiger partial charge is 0.394 e. The van der Waals surface area contributed by atoms with Crippen molar-refractivity contribution in [1.29, 1.82) is 0 Å². The van der Waals surface area contributed by atoms with E-state index in [1.54, 1.807) is 0 Å². The highest BCUT2D eigenvalue weighted by atomic mass is 16.3. The van der Waals surface area contributed by atoms with Crippen LogP contribution in [-0.4, -0.2) is 67.8 Å². The quantitative estimate of drug-likeness (QED) is 0.790. The van der Waals surface area contributed by atoms with Crippen LogP contribution < -0.4 is 5.32 Å². The molecule has 2 N–H and O–H groups in total. The Morgan fingerprint density at radius 1 is 1.14 bits per heavy atom. The normalized spacial score (nSPS) is 20.3. The summed E-state index contributed by atoms with van der Waals surface area (Å²) < 4.78 is 0. The SMILES string of the molecule is CCNC(CO)(CCN1CCN(C)CC1)c1ccccc1. The van der Waals surface area contributed by atoms with Crippen LogP contribution in [0.5, 0.6) is 0 Å².